The Morgan fingerprint density at radius 3 is 2.57 bits per heavy atom. The first kappa shape index (κ1) is 21.4. The lowest BCUT2D eigenvalue weighted by Crippen LogP contribution is -2.49. The maximum absolute atomic E-state index is 12.4. The first-order valence-electron chi connectivity index (χ1n) is 9.99. The van der Waals surface area contributed by atoms with E-state index in [1.807, 2.05) is 56.3 Å². The molecule has 3 amide bonds. The minimum Gasteiger partial charge on any atom is -0.481 e. The van der Waals surface area contributed by atoms with Gasteiger partial charge in [0.05, 0.1) is 5.92 Å². The highest BCUT2D eigenvalue weighted by Gasteiger charge is 2.34. The Balaban J connectivity index is 1.48. The zero-order valence-electron chi connectivity index (χ0n) is 17.5. The van der Waals surface area contributed by atoms with Crippen molar-refractivity contribution < 1.29 is 19.1 Å². The summed E-state index contributed by atoms with van der Waals surface area (Å²) in [6.45, 7) is 6.30. The van der Waals surface area contributed by atoms with Crippen molar-refractivity contribution in [1.82, 2.24) is 15.8 Å². The Labute approximate surface area is 176 Å². The van der Waals surface area contributed by atoms with E-state index in [9.17, 15) is 14.4 Å². The molecular formula is C23H27N3O4. The predicted octanol–water partition coefficient (Wildman–Crippen LogP) is 2.27. The number of carbonyl (C=O) groups excluding carboxylic acids is 3. The highest BCUT2D eigenvalue weighted by atomic mass is 16.5. The van der Waals surface area contributed by atoms with Crippen LogP contribution in [-0.2, 0) is 20.9 Å². The lowest BCUT2D eigenvalue weighted by atomic mass is 10.1. The molecule has 0 aromatic heterocycles. The van der Waals surface area contributed by atoms with Crippen LogP contribution < -0.4 is 15.6 Å². The lowest BCUT2D eigenvalue weighted by Gasteiger charge is -2.19. The standard InChI is InChI=1S/C23H27N3O4/c1-15-8-7-11-20(16(15)2)30-17(3)22(28)24-25-23(29)19-12-21(27)26(14-19)13-18-9-5-4-6-10-18/h4-11,17,19H,12-14H2,1-3H3,(H,24,28)(H,25,29). The van der Waals surface area contributed by atoms with Crippen LogP contribution in [-0.4, -0.2) is 35.3 Å². The van der Waals surface area contributed by atoms with Crippen LogP contribution in [0.2, 0.25) is 0 Å². The van der Waals surface area contributed by atoms with Gasteiger partial charge in [0.15, 0.2) is 6.10 Å². The second-order valence-corrected chi connectivity index (χ2v) is 7.60. The van der Waals surface area contributed by atoms with E-state index in [1.165, 1.54) is 0 Å². The van der Waals surface area contributed by atoms with Crippen LogP contribution in [0.5, 0.6) is 5.75 Å². The van der Waals surface area contributed by atoms with E-state index in [0.717, 1.165) is 16.7 Å². The second kappa shape index (κ2) is 9.43. The van der Waals surface area contributed by atoms with Crippen molar-refractivity contribution in [3.8, 4) is 5.75 Å². The quantitative estimate of drug-likeness (QED) is 0.717. The number of aryl methyl sites for hydroxylation is 1. The monoisotopic (exact) mass is 409 g/mol. The summed E-state index contributed by atoms with van der Waals surface area (Å²) in [5.74, 6) is -0.795. The molecule has 2 aromatic rings. The largest absolute Gasteiger partial charge is 0.481 e. The minimum atomic E-state index is -0.786. The van der Waals surface area contributed by atoms with Gasteiger partial charge >= 0.3 is 0 Å². The fourth-order valence-corrected chi connectivity index (χ4v) is 3.33. The van der Waals surface area contributed by atoms with E-state index in [0.29, 0.717) is 18.8 Å². The maximum Gasteiger partial charge on any atom is 0.279 e. The summed E-state index contributed by atoms with van der Waals surface area (Å²) in [7, 11) is 0. The number of ether oxygens (including phenoxy) is 1. The molecule has 1 aliphatic heterocycles. The lowest BCUT2D eigenvalue weighted by molar-refractivity contribution is -0.134. The summed E-state index contributed by atoms with van der Waals surface area (Å²) in [6.07, 6.45) is -0.658. The van der Waals surface area contributed by atoms with Gasteiger partial charge in [-0.05, 0) is 43.5 Å². The highest BCUT2D eigenvalue weighted by Crippen LogP contribution is 2.22. The Kier molecular flexibility index (Phi) is 6.72. The van der Waals surface area contributed by atoms with Crippen molar-refractivity contribution in [2.45, 2.75) is 39.8 Å². The summed E-state index contributed by atoms with van der Waals surface area (Å²) >= 11 is 0. The molecule has 30 heavy (non-hydrogen) atoms. The number of hydrazine groups is 1. The molecule has 0 aliphatic carbocycles. The fourth-order valence-electron chi connectivity index (χ4n) is 3.33. The Bertz CT molecular complexity index is 929. The third-order valence-corrected chi connectivity index (χ3v) is 5.34. The molecule has 7 heteroatoms. The molecule has 1 aliphatic rings. The molecular weight excluding hydrogens is 382 g/mol. The van der Waals surface area contributed by atoms with Crippen molar-refractivity contribution in [2.24, 2.45) is 5.92 Å². The minimum absolute atomic E-state index is 0.0723. The Morgan fingerprint density at radius 2 is 1.83 bits per heavy atom. The number of likely N-dealkylation sites (tertiary alicyclic amines) is 1. The molecule has 2 N–H and O–H groups in total. The predicted molar refractivity (Wildman–Crippen MR) is 112 cm³/mol. The van der Waals surface area contributed by atoms with Crippen LogP contribution >= 0.6 is 0 Å². The topological polar surface area (TPSA) is 87.7 Å². The number of nitrogens with zero attached hydrogens (tertiary/aromatic N) is 1. The van der Waals surface area contributed by atoms with Gasteiger partial charge in [-0.3, -0.25) is 25.2 Å². The van der Waals surface area contributed by atoms with E-state index in [-0.39, 0.29) is 18.2 Å². The number of carbonyl (C=O) groups is 3. The number of hydrogen-bond donors (Lipinski definition) is 2. The Hall–Kier alpha value is -3.35. The summed E-state index contributed by atoms with van der Waals surface area (Å²) in [5.41, 5.74) is 7.87. The molecule has 158 valence electrons. The average Bonchev–Trinajstić information content (AvgIpc) is 3.10. The van der Waals surface area contributed by atoms with E-state index in [1.54, 1.807) is 17.9 Å². The van der Waals surface area contributed by atoms with Crippen molar-refractivity contribution in [2.75, 3.05) is 6.54 Å². The molecule has 1 heterocycles. The van der Waals surface area contributed by atoms with Gasteiger partial charge in [-0.2, -0.15) is 0 Å². The molecule has 1 saturated heterocycles. The summed E-state index contributed by atoms with van der Waals surface area (Å²) in [6, 6.07) is 15.3. The number of amides is 3. The molecule has 2 atom stereocenters. The average molecular weight is 409 g/mol. The van der Waals surface area contributed by atoms with Crippen LogP contribution in [0.1, 0.15) is 30.0 Å². The van der Waals surface area contributed by atoms with E-state index in [2.05, 4.69) is 10.9 Å². The number of nitrogens with one attached hydrogen (secondary N) is 2. The van der Waals surface area contributed by atoms with E-state index >= 15 is 0 Å². The van der Waals surface area contributed by atoms with Gasteiger partial charge in [0.2, 0.25) is 11.8 Å². The molecule has 7 nitrogen and oxygen atoms in total. The van der Waals surface area contributed by atoms with Crippen LogP contribution in [0.25, 0.3) is 0 Å². The second-order valence-electron chi connectivity index (χ2n) is 7.60. The first-order valence-corrected chi connectivity index (χ1v) is 9.99. The van der Waals surface area contributed by atoms with Crippen LogP contribution in [0.4, 0.5) is 0 Å². The summed E-state index contributed by atoms with van der Waals surface area (Å²) < 4.78 is 5.72. The van der Waals surface area contributed by atoms with Crippen molar-refractivity contribution in [3.05, 3.63) is 65.2 Å². The van der Waals surface area contributed by atoms with Crippen LogP contribution in [0.3, 0.4) is 0 Å². The zero-order chi connectivity index (χ0) is 21.7. The fraction of sp³-hybridized carbons (Fsp3) is 0.348. The molecule has 0 saturated carbocycles. The van der Waals surface area contributed by atoms with Gasteiger partial charge in [-0.1, -0.05) is 42.5 Å². The van der Waals surface area contributed by atoms with Crippen molar-refractivity contribution in [3.63, 3.8) is 0 Å². The number of benzene rings is 2. The van der Waals surface area contributed by atoms with Crippen LogP contribution in [0, 0.1) is 19.8 Å². The van der Waals surface area contributed by atoms with E-state index < -0.39 is 17.9 Å². The van der Waals surface area contributed by atoms with Gasteiger partial charge in [-0.15, -0.1) is 0 Å². The van der Waals surface area contributed by atoms with Crippen molar-refractivity contribution >= 4 is 17.7 Å². The van der Waals surface area contributed by atoms with Crippen LogP contribution in [0.15, 0.2) is 48.5 Å². The van der Waals surface area contributed by atoms with Crippen molar-refractivity contribution in [1.29, 1.82) is 0 Å². The molecule has 2 unspecified atom stereocenters. The summed E-state index contributed by atoms with van der Waals surface area (Å²) in [5, 5.41) is 0. The maximum atomic E-state index is 12.4. The zero-order valence-corrected chi connectivity index (χ0v) is 17.5. The number of hydrogen-bond acceptors (Lipinski definition) is 4. The summed E-state index contributed by atoms with van der Waals surface area (Å²) in [4.78, 5) is 38.6. The van der Waals surface area contributed by atoms with Gasteiger partial charge in [0, 0.05) is 19.5 Å². The number of rotatable bonds is 6. The first-order chi connectivity index (χ1) is 14.3. The smallest absolute Gasteiger partial charge is 0.279 e. The third kappa shape index (κ3) is 5.17. The van der Waals surface area contributed by atoms with Gasteiger partial charge < -0.3 is 9.64 Å². The van der Waals surface area contributed by atoms with Gasteiger partial charge in [-0.25, -0.2) is 0 Å². The third-order valence-electron chi connectivity index (χ3n) is 5.34. The molecule has 0 radical (unpaired) electrons. The van der Waals surface area contributed by atoms with E-state index in [4.69, 9.17) is 4.74 Å². The highest BCUT2D eigenvalue weighted by molar-refractivity contribution is 5.90. The molecule has 0 spiro atoms. The van der Waals surface area contributed by atoms with Gasteiger partial charge in [0.1, 0.15) is 5.75 Å². The molecule has 2 aromatic carbocycles. The normalized spacial score (nSPS) is 16.8. The molecule has 3 rings (SSSR count). The SMILES string of the molecule is Cc1cccc(OC(C)C(=O)NNC(=O)C2CC(=O)N(Cc3ccccc3)C2)c1C. The Morgan fingerprint density at radius 1 is 1.10 bits per heavy atom. The molecule has 0 bridgehead atoms. The molecule has 1 fully saturated rings. The van der Waals surface area contributed by atoms with Gasteiger partial charge in [0.25, 0.3) is 5.91 Å².